The maximum atomic E-state index is 11.5. The van der Waals surface area contributed by atoms with Crippen molar-refractivity contribution in [2.24, 2.45) is 22.7 Å². The molecule has 4 atom stereocenters. The third kappa shape index (κ3) is 4.39. The van der Waals surface area contributed by atoms with E-state index >= 15 is 0 Å². The predicted octanol–water partition coefficient (Wildman–Crippen LogP) is 5.14. The molecule has 0 bridgehead atoms. The largest absolute Gasteiger partial charge is 0.478 e. The van der Waals surface area contributed by atoms with Gasteiger partial charge in [-0.1, -0.05) is 38.5 Å². The lowest BCUT2D eigenvalue weighted by atomic mass is 9.46. The van der Waals surface area contributed by atoms with Crippen LogP contribution in [0.15, 0.2) is 23.8 Å². The van der Waals surface area contributed by atoms with Crippen LogP contribution in [-0.4, -0.2) is 23.1 Å². The zero-order valence-corrected chi connectivity index (χ0v) is 16.9. The first kappa shape index (κ1) is 20.7. The van der Waals surface area contributed by atoms with E-state index in [4.69, 9.17) is 9.84 Å². The van der Waals surface area contributed by atoms with Gasteiger partial charge in [0.2, 0.25) is 0 Å². The summed E-state index contributed by atoms with van der Waals surface area (Å²) in [5.74, 6) is -0.209. The molecule has 0 aromatic rings. The van der Waals surface area contributed by atoms with Crippen LogP contribution in [0.3, 0.4) is 0 Å². The fourth-order valence-corrected chi connectivity index (χ4v) is 5.91. The Morgan fingerprint density at radius 3 is 2.50 bits per heavy atom. The third-order valence-corrected chi connectivity index (χ3v) is 6.73. The Morgan fingerprint density at radius 1 is 1.27 bits per heavy atom. The summed E-state index contributed by atoms with van der Waals surface area (Å²) in [5, 5.41) is 8.96. The van der Waals surface area contributed by atoms with E-state index < -0.39 is 5.97 Å². The zero-order valence-electron chi connectivity index (χ0n) is 16.9. The quantitative estimate of drug-likeness (QED) is 0.418. The first-order valence-corrected chi connectivity index (χ1v) is 9.70. The van der Waals surface area contributed by atoms with Gasteiger partial charge in [0.15, 0.2) is 0 Å². The Morgan fingerprint density at radius 2 is 1.92 bits per heavy atom. The van der Waals surface area contributed by atoms with Crippen LogP contribution in [0.25, 0.3) is 0 Å². The molecule has 0 spiro atoms. The van der Waals surface area contributed by atoms with Crippen molar-refractivity contribution in [2.75, 3.05) is 0 Å². The summed E-state index contributed by atoms with van der Waals surface area (Å²) in [5.41, 5.74) is 2.30. The normalized spacial score (nSPS) is 34.1. The van der Waals surface area contributed by atoms with Crippen molar-refractivity contribution in [1.82, 2.24) is 0 Å². The molecule has 0 unspecified atom stereocenters. The van der Waals surface area contributed by atoms with Crippen LogP contribution in [0.4, 0.5) is 0 Å². The molecule has 4 heteroatoms. The number of ether oxygens (including phenoxy) is 1. The molecular weight excluding hydrogens is 328 g/mol. The lowest BCUT2D eigenvalue weighted by molar-refractivity contribution is -0.163. The SMILES string of the molecule is C=C1CC[C@H]2C(C)(C)C[C@@H](OC(C)=O)C[C@]2(C)[C@H]1CC/C(C)=C/C(=O)O. The summed E-state index contributed by atoms with van der Waals surface area (Å²) in [6, 6.07) is 0. The van der Waals surface area contributed by atoms with Crippen LogP contribution in [-0.2, 0) is 14.3 Å². The van der Waals surface area contributed by atoms with E-state index in [-0.39, 0.29) is 22.9 Å². The van der Waals surface area contributed by atoms with E-state index in [9.17, 15) is 9.59 Å². The fourth-order valence-electron chi connectivity index (χ4n) is 5.91. The number of carboxylic acids is 1. The van der Waals surface area contributed by atoms with Crippen LogP contribution in [0.2, 0.25) is 0 Å². The lowest BCUT2D eigenvalue weighted by Crippen LogP contribution is -2.53. The van der Waals surface area contributed by atoms with Gasteiger partial charge in [0.25, 0.3) is 0 Å². The van der Waals surface area contributed by atoms with Gasteiger partial charge in [-0.15, -0.1) is 0 Å². The number of carbonyl (C=O) groups excluding carboxylic acids is 1. The molecule has 2 fully saturated rings. The topological polar surface area (TPSA) is 63.6 Å². The summed E-state index contributed by atoms with van der Waals surface area (Å²) in [6.45, 7) is 14.7. The number of hydrogen-bond acceptors (Lipinski definition) is 3. The van der Waals surface area contributed by atoms with E-state index in [2.05, 4.69) is 27.4 Å². The second-order valence-corrected chi connectivity index (χ2v) is 9.30. The fraction of sp³-hybridized carbons (Fsp3) is 0.727. The van der Waals surface area contributed by atoms with Gasteiger partial charge in [-0.3, -0.25) is 4.79 Å². The van der Waals surface area contributed by atoms with Gasteiger partial charge in [0.1, 0.15) is 6.10 Å². The van der Waals surface area contributed by atoms with Crippen LogP contribution in [0.1, 0.15) is 73.1 Å². The van der Waals surface area contributed by atoms with E-state index in [1.807, 2.05) is 6.92 Å². The molecule has 26 heavy (non-hydrogen) atoms. The summed E-state index contributed by atoms with van der Waals surface area (Å²) in [7, 11) is 0. The number of carbonyl (C=O) groups is 2. The number of carboxylic acid groups (broad SMARTS) is 1. The highest BCUT2D eigenvalue weighted by atomic mass is 16.5. The van der Waals surface area contributed by atoms with E-state index in [1.54, 1.807) is 0 Å². The molecule has 0 radical (unpaired) electrons. The highest BCUT2D eigenvalue weighted by molar-refractivity contribution is 5.80. The molecule has 0 aromatic carbocycles. The van der Waals surface area contributed by atoms with Gasteiger partial charge < -0.3 is 9.84 Å². The Hall–Kier alpha value is -1.58. The van der Waals surface area contributed by atoms with Crippen LogP contribution in [0.5, 0.6) is 0 Å². The lowest BCUT2D eigenvalue weighted by Gasteiger charge is -2.59. The molecule has 1 N–H and O–H groups in total. The first-order valence-electron chi connectivity index (χ1n) is 9.70. The minimum Gasteiger partial charge on any atom is -0.478 e. The highest BCUT2D eigenvalue weighted by Crippen LogP contribution is 2.62. The second-order valence-electron chi connectivity index (χ2n) is 9.30. The number of hydrogen-bond donors (Lipinski definition) is 1. The van der Waals surface area contributed by atoms with Crippen LogP contribution in [0, 0.1) is 22.7 Å². The van der Waals surface area contributed by atoms with Gasteiger partial charge in [-0.25, -0.2) is 4.79 Å². The zero-order chi connectivity index (χ0) is 19.7. The van der Waals surface area contributed by atoms with Gasteiger partial charge in [-0.2, -0.15) is 0 Å². The van der Waals surface area contributed by atoms with E-state index in [0.717, 1.165) is 44.1 Å². The number of rotatable bonds is 5. The molecule has 0 saturated heterocycles. The molecule has 146 valence electrons. The average Bonchev–Trinajstić information content (AvgIpc) is 2.42. The van der Waals surface area contributed by atoms with Crippen molar-refractivity contribution in [3.63, 3.8) is 0 Å². The number of allylic oxidation sites excluding steroid dienone is 2. The first-order chi connectivity index (χ1) is 12.0. The number of fused-ring (bicyclic) bond motifs is 1. The predicted molar refractivity (Wildman–Crippen MR) is 103 cm³/mol. The van der Waals surface area contributed by atoms with Crippen LogP contribution >= 0.6 is 0 Å². The Kier molecular flexibility index (Phi) is 6.04. The van der Waals surface area contributed by atoms with E-state index in [1.165, 1.54) is 18.6 Å². The molecular formula is C22H34O4. The molecule has 0 amide bonds. The molecule has 0 aliphatic heterocycles. The monoisotopic (exact) mass is 362 g/mol. The maximum Gasteiger partial charge on any atom is 0.328 e. The molecule has 2 saturated carbocycles. The van der Waals surface area contributed by atoms with Crippen molar-refractivity contribution in [2.45, 2.75) is 79.2 Å². The van der Waals surface area contributed by atoms with Gasteiger partial charge >= 0.3 is 11.9 Å². The highest BCUT2D eigenvalue weighted by Gasteiger charge is 2.55. The summed E-state index contributed by atoms with van der Waals surface area (Å²) >= 11 is 0. The molecule has 0 aromatic heterocycles. The Bertz CT molecular complexity index is 616. The van der Waals surface area contributed by atoms with Crippen molar-refractivity contribution in [3.05, 3.63) is 23.8 Å². The summed E-state index contributed by atoms with van der Waals surface area (Å²) < 4.78 is 5.65. The van der Waals surface area contributed by atoms with Gasteiger partial charge in [-0.05, 0) is 68.1 Å². The van der Waals surface area contributed by atoms with Crippen molar-refractivity contribution in [3.8, 4) is 0 Å². The average molecular weight is 363 g/mol. The third-order valence-electron chi connectivity index (χ3n) is 6.73. The second kappa shape index (κ2) is 7.58. The maximum absolute atomic E-state index is 11.5. The minimum absolute atomic E-state index is 0.0285. The standard InChI is InChI=1S/C22H34O4/c1-14(11-20(24)25)7-9-18-15(2)8-10-19-21(4,5)12-17(26-16(3)23)13-22(18,19)6/h11,17-19H,2,7-10,12-13H2,1,3-6H3,(H,24,25)/b14-11+/t17-,18+,19+,22-/m1/s1. The number of esters is 1. The van der Waals surface area contributed by atoms with Gasteiger partial charge in [0.05, 0.1) is 0 Å². The van der Waals surface area contributed by atoms with Crippen molar-refractivity contribution >= 4 is 11.9 Å². The molecule has 0 heterocycles. The van der Waals surface area contributed by atoms with Crippen molar-refractivity contribution in [1.29, 1.82) is 0 Å². The Balaban J connectivity index is 2.27. The molecule has 2 rings (SSSR count). The molecule has 2 aliphatic rings. The molecule has 4 nitrogen and oxygen atoms in total. The van der Waals surface area contributed by atoms with E-state index in [0.29, 0.717) is 11.8 Å². The van der Waals surface area contributed by atoms with Gasteiger partial charge in [0, 0.05) is 13.0 Å². The van der Waals surface area contributed by atoms with Crippen LogP contribution < -0.4 is 0 Å². The smallest absolute Gasteiger partial charge is 0.328 e. The number of aliphatic carboxylic acids is 1. The minimum atomic E-state index is -0.886. The Labute approximate surface area is 157 Å². The van der Waals surface area contributed by atoms with Crippen molar-refractivity contribution < 1.29 is 19.4 Å². The summed E-state index contributed by atoms with van der Waals surface area (Å²) in [6.07, 6.45) is 6.87. The summed E-state index contributed by atoms with van der Waals surface area (Å²) in [4.78, 5) is 22.5. The molecule has 2 aliphatic carbocycles.